The van der Waals surface area contributed by atoms with Crippen LogP contribution in [0.3, 0.4) is 0 Å². The molecular formula is C26H34F2N2O3. The number of hydrogen-bond acceptors (Lipinski definition) is 3. The van der Waals surface area contributed by atoms with Crippen molar-refractivity contribution in [3.05, 3.63) is 59.2 Å². The van der Waals surface area contributed by atoms with E-state index in [2.05, 4.69) is 37.9 Å². The van der Waals surface area contributed by atoms with Gasteiger partial charge in [0.05, 0.1) is 23.2 Å². The highest BCUT2D eigenvalue weighted by atomic mass is 19.1. The van der Waals surface area contributed by atoms with E-state index in [-0.39, 0.29) is 12.0 Å². The molecule has 2 N–H and O–H groups in total. The molecule has 0 aliphatic rings. The lowest BCUT2D eigenvalue weighted by Gasteiger charge is -2.31. The molecule has 0 bridgehead atoms. The molecule has 0 saturated heterocycles. The third-order valence-corrected chi connectivity index (χ3v) is 5.40. The molecule has 0 unspecified atom stereocenters. The molecule has 180 valence electrons. The van der Waals surface area contributed by atoms with E-state index in [4.69, 9.17) is 0 Å². The van der Waals surface area contributed by atoms with Gasteiger partial charge in [0.15, 0.2) is 0 Å². The van der Waals surface area contributed by atoms with Crippen LogP contribution in [0.25, 0.3) is 0 Å². The van der Waals surface area contributed by atoms with Crippen LogP contribution in [0.4, 0.5) is 20.2 Å². The fourth-order valence-corrected chi connectivity index (χ4v) is 3.61. The summed E-state index contributed by atoms with van der Waals surface area (Å²) in [4.78, 5) is 26.8. The number of nitrogens with zero attached hydrogens (tertiary/aromatic N) is 1. The maximum absolute atomic E-state index is 14.1. The van der Waals surface area contributed by atoms with Crippen LogP contribution in [0, 0.1) is 23.5 Å². The number of carbonyl (C=O) groups excluding carboxylic acids is 1. The fraction of sp³-hybridized carbons (Fsp3) is 0.462. The Morgan fingerprint density at radius 3 is 2.12 bits per heavy atom. The topological polar surface area (TPSA) is 69.6 Å². The molecule has 5 nitrogen and oxygen atoms in total. The molecule has 0 aliphatic heterocycles. The summed E-state index contributed by atoms with van der Waals surface area (Å²) >= 11 is 0. The van der Waals surface area contributed by atoms with Gasteiger partial charge in [-0.15, -0.1) is 0 Å². The maximum atomic E-state index is 14.1. The number of carboxylic acids is 1. The van der Waals surface area contributed by atoms with Crippen LogP contribution in [0.1, 0.15) is 52.7 Å². The SMILES string of the molecule is CC(C)CN(CC(C)C)c1ccc(C(C)(C)C(=O)O)cc1NC(=O)Cc1ccc(F)cc1F. The minimum Gasteiger partial charge on any atom is -0.481 e. The Morgan fingerprint density at radius 1 is 1.00 bits per heavy atom. The Labute approximate surface area is 194 Å². The Kier molecular flexibility index (Phi) is 8.58. The quantitative estimate of drug-likeness (QED) is 0.482. The third-order valence-electron chi connectivity index (χ3n) is 5.40. The number of halogens is 2. The standard InChI is InChI=1S/C26H34F2N2O3/c1-16(2)14-30(15-17(3)4)23-10-8-19(26(5,6)25(32)33)12-22(23)29-24(31)11-18-7-9-20(27)13-21(18)28/h7-10,12-13,16-17H,11,14-15H2,1-6H3,(H,29,31)(H,32,33). The highest BCUT2D eigenvalue weighted by Gasteiger charge is 2.30. The maximum Gasteiger partial charge on any atom is 0.313 e. The van der Waals surface area contributed by atoms with Crippen molar-refractivity contribution in [2.45, 2.75) is 53.4 Å². The van der Waals surface area contributed by atoms with E-state index in [0.29, 0.717) is 23.1 Å². The van der Waals surface area contributed by atoms with Gasteiger partial charge < -0.3 is 15.3 Å². The first-order chi connectivity index (χ1) is 15.3. The molecule has 33 heavy (non-hydrogen) atoms. The smallest absolute Gasteiger partial charge is 0.313 e. The van der Waals surface area contributed by atoms with Crippen LogP contribution in [0.15, 0.2) is 36.4 Å². The summed E-state index contributed by atoms with van der Waals surface area (Å²) in [5.41, 5.74) is 0.697. The lowest BCUT2D eigenvalue weighted by Crippen LogP contribution is -2.33. The first-order valence-electron chi connectivity index (χ1n) is 11.2. The number of rotatable bonds is 10. The number of anilines is 2. The minimum atomic E-state index is -1.16. The average Bonchev–Trinajstić information content (AvgIpc) is 2.68. The number of benzene rings is 2. The van der Waals surface area contributed by atoms with Crippen molar-refractivity contribution in [1.82, 2.24) is 0 Å². The number of carboxylic acid groups (broad SMARTS) is 1. The zero-order chi connectivity index (χ0) is 24.9. The van der Waals surface area contributed by atoms with E-state index in [1.807, 2.05) is 6.07 Å². The molecule has 2 aromatic rings. The third kappa shape index (κ3) is 7.01. The summed E-state index contributed by atoms with van der Waals surface area (Å²) in [6.45, 7) is 13.1. The number of aliphatic carboxylic acids is 1. The predicted molar refractivity (Wildman–Crippen MR) is 128 cm³/mol. The highest BCUT2D eigenvalue weighted by Crippen LogP contribution is 2.34. The second-order valence-electron chi connectivity index (χ2n) is 9.82. The zero-order valence-corrected chi connectivity index (χ0v) is 20.2. The minimum absolute atomic E-state index is 0.0821. The molecule has 0 saturated carbocycles. The van der Waals surface area contributed by atoms with Crippen LogP contribution >= 0.6 is 0 Å². The molecule has 0 heterocycles. The number of amides is 1. The fourth-order valence-electron chi connectivity index (χ4n) is 3.61. The van der Waals surface area contributed by atoms with Gasteiger partial charge in [-0.05, 0) is 55.0 Å². The van der Waals surface area contributed by atoms with Crippen molar-refractivity contribution in [2.24, 2.45) is 11.8 Å². The lowest BCUT2D eigenvalue weighted by atomic mass is 9.84. The Bertz CT molecular complexity index is 993. The van der Waals surface area contributed by atoms with Crippen molar-refractivity contribution in [3.8, 4) is 0 Å². The van der Waals surface area contributed by atoms with Crippen LogP contribution in [0.5, 0.6) is 0 Å². The Morgan fingerprint density at radius 2 is 1.61 bits per heavy atom. The van der Waals surface area contributed by atoms with Crippen molar-refractivity contribution in [3.63, 3.8) is 0 Å². The predicted octanol–water partition coefficient (Wildman–Crippen LogP) is 5.63. The molecule has 0 atom stereocenters. The molecule has 0 fully saturated rings. The molecule has 0 spiro atoms. The van der Waals surface area contributed by atoms with E-state index in [0.717, 1.165) is 30.9 Å². The molecule has 0 aliphatic carbocycles. The Hall–Kier alpha value is -2.96. The van der Waals surface area contributed by atoms with Crippen molar-refractivity contribution < 1.29 is 23.5 Å². The van der Waals surface area contributed by atoms with Crippen LogP contribution < -0.4 is 10.2 Å². The summed E-state index contributed by atoms with van der Waals surface area (Å²) in [6.07, 6.45) is -0.271. The van der Waals surface area contributed by atoms with Gasteiger partial charge in [0.1, 0.15) is 11.6 Å². The van der Waals surface area contributed by atoms with Crippen LogP contribution in [-0.4, -0.2) is 30.1 Å². The van der Waals surface area contributed by atoms with Gasteiger partial charge in [-0.2, -0.15) is 0 Å². The Balaban J connectivity index is 2.47. The highest BCUT2D eigenvalue weighted by molar-refractivity contribution is 5.96. The van der Waals surface area contributed by atoms with E-state index in [1.165, 1.54) is 6.07 Å². The normalized spacial score (nSPS) is 11.7. The molecule has 2 rings (SSSR count). The van der Waals surface area contributed by atoms with Gasteiger partial charge in [-0.3, -0.25) is 9.59 Å². The van der Waals surface area contributed by atoms with Crippen molar-refractivity contribution >= 4 is 23.3 Å². The number of hydrogen-bond donors (Lipinski definition) is 2. The van der Waals surface area contributed by atoms with Gasteiger partial charge in [0, 0.05) is 19.2 Å². The van der Waals surface area contributed by atoms with E-state index in [1.54, 1.807) is 26.0 Å². The van der Waals surface area contributed by atoms with Crippen molar-refractivity contribution in [1.29, 1.82) is 0 Å². The molecular weight excluding hydrogens is 426 g/mol. The molecule has 2 aromatic carbocycles. The molecule has 0 aromatic heterocycles. The largest absolute Gasteiger partial charge is 0.481 e. The van der Waals surface area contributed by atoms with Gasteiger partial charge >= 0.3 is 5.97 Å². The zero-order valence-electron chi connectivity index (χ0n) is 20.2. The summed E-state index contributed by atoms with van der Waals surface area (Å²) < 4.78 is 27.3. The van der Waals surface area contributed by atoms with E-state index >= 15 is 0 Å². The monoisotopic (exact) mass is 460 g/mol. The van der Waals surface area contributed by atoms with Crippen molar-refractivity contribution in [2.75, 3.05) is 23.3 Å². The second kappa shape index (κ2) is 10.8. The second-order valence-corrected chi connectivity index (χ2v) is 9.82. The van der Waals surface area contributed by atoms with E-state index < -0.39 is 28.9 Å². The van der Waals surface area contributed by atoms with Gasteiger partial charge in [0.2, 0.25) is 5.91 Å². The van der Waals surface area contributed by atoms with Gasteiger partial charge in [0.25, 0.3) is 0 Å². The lowest BCUT2D eigenvalue weighted by molar-refractivity contribution is -0.142. The summed E-state index contributed by atoms with van der Waals surface area (Å²) in [6, 6.07) is 8.39. The number of nitrogens with one attached hydrogen (secondary N) is 1. The number of carbonyl (C=O) groups is 2. The first-order valence-corrected chi connectivity index (χ1v) is 11.2. The molecule has 1 amide bonds. The summed E-state index contributed by atoms with van der Waals surface area (Å²) in [5, 5.41) is 12.5. The first kappa shape index (κ1) is 26.3. The van der Waals surface area contributed by atoms with Gasteiger partial charge in [-0.25, -0.2) is 8.78 Å². The van der Waals surface area contributed by atoms with Crippen LogP contribution in [0.2, 0.25) is 0 Å². The summed E-state index contributed by atoms with van der Waals surface area (Å²) in [7, 11) is 0. The molecule has 7 heteroatoms. The molecule has 0 radical (unpaired) electrons. The average molecular weight is 461 g/mol. The van der Waals surface area contributed by atoms with E-state index in [9.17, 15) is 23.5 Å². The van der Waals surface area contributed by atoms with Crippen LogP contribution in [-0.2, 0) is 21.4 Å². The van der Waals surface area contributed by atoms with Gasteiger partial charge in [-0.1, -0.05) is 39.8 Å². The summed E-state index contributed by atoms with van der Waals surface area (Å²) in [5.74, 6) is -2.23.